The van der Waals surface area contributed by atoms with E-state index in [1.807, 2.05) is 0 Å². The highest BCUT2D eigenvalue weighted by Crippen LogP contribution is 2.53. The normalized spacial score (nSPS) is 13.1. The molecule has 0 aliphatic rings. The molecule has 3 aromatic rings. The Morgan fingerprint density at radius 2 is 1.28 bits per heavy atom. The van der Waals surface area contributed by atoms with Gasteiger partial charge in [0.05, 0.1) is 4.92 Å². The Balaban J connectivity index is 1.86. The second kappa shape index (κ2) is 14.9. The monoisotopic (exact) mass is 615 g/mol. The first-order chi connectivity index (χ1) is 20.4. The molecule has 0 saturated heterocycles. The molecular weight excluding hydrogens is 585 g/mol. The standard InChI is InChI=1S/C28H30N3O11P/c1-2-28(43(37,38)39,30-27(34)42-19-21-11-7-4-8-12-21)24(29-26(33)41-18-20-9-5-3-6-10-20)25(32)40-17-22-13-15-23(16-14-22)31(35)36/h3-16,24H,2,17-19H2,1H3,(H,29,33)(H,30,34)(H2,37,38,39)/t24-,28?/m1/s1. The number of nitro groups is 1. The van der Waals surface area contributed by atoms with E-state index in [1.165, 1.54) is 31.2 Å². The van der Waals surface area contributed by atoms with Crippen LogP contribution < -0.4 is 10.6 Å². The molecule has 0 aliphatic heterocycles. The zero-order valence-electron chi connectivity index (χ0n) is 23.0. The number of nitrogens with zero attached hydrogens (tertiary/aromatic N) is 1. The topological polar surface area (TPSA) is 204 Å². The highest BCUT2D eigenvalue weighted by molar-refractivity contribution is 7.53. The smallest absolute Gasteiger partial charge is 0.408 e. The molecule has 15 heteroatoms. The summed E-state index contributed by atoms with van der Waals surface area (Å²) in [6.07, 6.45) is -3.07. The summed E-state index contributed by atoms with van der Waals surface area (Å²) in [6.45, 7) is 0.311. The van der Waals surface area contributed by atoms with Crippen LogP contribution in [0, 0.1) is 10.1 Å². The largest absolute Gasteiger partial charge is 0.459 e. The van der Waals surface area contributed by atoms with Crippen molar-refractivity contribution in [1.82, 2.24) is 10.6 Å². The van der Waals surface area contributed by atoms with Crippen LogP contribution in [0.5, 0.6) is 0 Å². The van der Waals surface area contributed by atoms with Crippen LogP contribution in [0.25, 0.3) is 0 Å². The van der Waals surface area contributed by atoms with E-state index in [9.17, 15) is 38.8 Å². The van der Waals surface area contributed by atoms with Gasteiger partial charge in [-0.3, -0.25) is 14.7 Å². The number of nitrogens with one attached hydrogen (secondary N) is 2. The third-order valence-electron chi connectivity index (χ3n) is 6.31. The maximum atomic E-state index is 13.4. The highest BCUT2D eigenvalue weighted by atomic mass is 31.2. The number of carbonyl (C=O) groups excluding carboxylic acids is 3. The van der Waals surface area contributed by atoms with Gasteiger partial charge in [-0.05, 0) is 35.2 Å². The van der Waals surface area contributed by atoms with Gasteiger partial charge in [0, 0.05) is 12.1 Å². The lowest BCUT2D eigenvalue weighted by atomic mass is 10.0. The summed E-state index contributed by atoms with van der Waals surface area (Å²) in [5.74, 6) is -1.33. The van der Waals surface area contributed by atoms with Crippen molar-refractivity contribution in [2.75, 3.05) is 0 Å². The second-order valence-electron chi connectivity index (χ2n) is 9.18. The summed E-state index contributed by atoms with van der Waals surface area (Å²) in [6, 6.07) is 19.8. The summed E-state index contributed by atoms with van der Waals surface area (Å²) in [5, 5.41) is 12.4. The molecule has 2 atom stereocenters. The number of ether oxygens (including phenoxy) is 3. The predicted molar refractivity (Wildman–Crippen MR) is 151 cm³/mol. The first-order valence-electron chi connectivity index (χ1n) is 12.9. The van der Waals surface area contributed by atoms with E-state index < -0.39 is 55.0 Å². The van der Waals surface area contributed by atoms with E-state index in [-0.39, 0.29) is 18.9 Å². The number of alkyl carbamates (subject to hydrolysis) is 2. The fraction of sp³-hybridized carbons (Fsp3) is 0.250. The molecule has 14 nitrogen and oxygen atoms in total. The van der Waals surface area contributed by atoms with Crippen LogP contribution in [0.4, 0.5) is 15.3 Å². The first kappa shape index (κ1) is 32.7. The summed E-state index contributed by atoms with van der Waals surface area (Å²) < 4.78 is 28.5. The van der Waals surface area contributed by atoms with E-state index >= 15 is 0 Å². The Bertz CT molecular complexity index is 1450. The third kappa shape index (κ3) is 9.10. The van der Waals surface area contributed by atoms with E-state index in [2.05, 4.69) is 10.6 Å². The molecule has 0 bridgehead atoms. The fourth-order valence-corrected chi connectivity index (χ4v) is 5.11. The zero-order valence-corrected chi connectivity index (χ0v) is 23.8. The predicted octanol–water partition coefficient (Wildman–Crippen LogP) is 4.14. The van der Waals surface area contributed by atoms with Gasteiger partial charge < -0.3 is 34.6 Å². The molecule has 1 unspecified atom stereocenters. The van der Waals surface area contributed by atoms with Gasteiger partial charge in [-0.2, -0.15) is 0 Å². The van der Waals surface area contributed by atoms with Gasteiger partial charge in [-0.25, -0.2) is 14.4 Å². The molecule has 3 rings (SSSR count). The minimum absolute atomic E-state index is 0.208. The minimum atomic E-state index is -5.47. The van der Waals surface area contributed by atoms with Crippen LogP contribution in [0.15, 0.2) is 84.9 Å². The average Bonchev–Trinajstić information content (AvgIpc) is 3.00. The Labute approximate surface area is 246 Å². The number of nitro benzene ring substituents is 1. The van der Waals surface area contributed by atoms with Crippen molar-refractivity contribution < 1.29 is 47.9 Å². The minimum Gasteiger partial charge on any atom is -0.459 e. The number of benzene rings is 3. The van der Waals surface area contributed by atoms with E-state index in [1.54, 1.807) is 60.7 Å². The SMILES string of the molecule is CCC(NC(=O)OCc1ccccc1)([C@H](NC(=O)OCc1ccccc1)C(=O)OCc1ccc([N+](=O)[O-])cc1)P(=O)(O)O. The number of esters is 1. The van der Waals surface area contributed by atoms with Crippen LogP contribution in [-0.4, -0.2) is 44.2 Å². The van der Waals surface area contributed by atoms with Gasteiger partial charge in [0.25, 0.3) is 5.69 Å². The molecule has 0 aromatic heterocycles. The molecular formula is C28H30N3O11P. The van der Waals surface area contributed by atoms with Gasteiger partial charge >= 0.3 is 25.8 Å². The molecule has 0 aliphatic carbocycles. The molecule has 3 aromatic carbocycles. The van der Waals surface area contributed by atoms with Crippen molar-refractivity contribution in [2.45, 2.75) is 44.5 Å². The molecule has 0 fully saturated rings. The second-order valence-corrected chi connectivity index (χ2v) is 11.1. The first-order valence-corrected chi connectivity index (χ1v) is 14.5. The van der Waals surface area contributed by atoms with Crippen molar-refractivity contribution in [1.29, 1.82) is 0 Å². The molecule has 0 saturated carbocycles. The lowest BCUT2D eigenvalue weighted by Gasteiger charge is -2.38. The van der Waals surface area contributed by atoms with E-state index in [0.29, 0.717) is 16.7 Å². The lowest BCUT2D eigenvalue weighted by Crippen LogP contribution is -2.65. The fourth-order valence-electron chi connectivity index (χ4n) is 3.96. The highest BCUT2D eigenvalue weighted by Gasteiger charge is 2.57. The van der Waals surface area contributed by atoms with E-state index in [0.717, 1.165) is 0 Å². The van der Waals surface area contributed by atoms with Crippen molar-refractivity contribution in [2.24, 2.45) is 0 Å². The van der Waals surface area contributed by atoms with Crippen LogP contribution in [0.1, 0.15) is 30.0 Å². The van der Waals surface area contributed by atoms with Crippen molar-refractivity contribution in [3.63, 3.8) is 0 Å². The van der Waals surface area contributed by atoms with Crippen molar-refractivity contribution in [3.05, 3.63) is 112 Å². The maximum Gasteiger partial charge on any atom is 0.408 e. The lowest BCUT2D eigenvalue weighted by molar-refractivity contribution is -0.384. The van der Waals surface area contributed by atoms with Crippen LogP contribution in [-0.2, 0) is 43.4 Å². The Morgan fingerprint density at radius 3 is 1.74 bits per heavy atom. The summed E-state index contributed by atoms with van der Waals surface area (Å²) in [4.78, 5) is 70.2. The maximum absolute atomic E-state index is 13.4. The van der Waals surface area contributed by atoms with E-state index in [4.69, 9.17) is 14.2 Å². The average molecular weight is 616 g/mol. The molecule has 0 radical (unpaired) electrons. The quantitative estimate of drug-likeness (QED) is 0.0707. The van der Waals surface area contributed by atoms with Gasteiger partial charge in [0.15, 0.2) is 11.3 Å². The number of non-ortho nitro benzene ring substituents is 1. The van der Waals surface area contributed by atoms with Crippen molar-refractivity contribution in [3.8, 4) is 0 Å². The molecule has 43 heavy (non-hydrogen) atoms. The van der Waals surface area contributed by atoms with Gasteiger partial charge in [0.2, 0.25) is 0 Å². The summed E-state index contributed by atoms with van der Waals surface area (Å²) in [5.41, 5.74) is 1.27. The molecule has 2 amide bonds. The zero-order chi connectivity index (χ0) is 31.5. The molecule has 228 valence electrons. The third-order valence-corrected chi connectivity index (χ3v) is 8.03. The Kier molecular flexibility index (Phi) is 11.4. The van der Waals surface area contributed by atoms with Crippen LogP contribution in [0.3, 0.4) is 0 Å². The Hall–Kier alpha value is -4.78. The van der Waals surface area contributed by atoms with Gasteiger partial charge in [0.1, 0.15) is 19.8 Å². The molecule has 0 heterocycles. The number of amides is 2. The Morgan fingerprint density at radius 1 is 0.814 bits per heavy atom. The molecule has 0 spiro atoms. The van der Waals surface area contributed by atoms with Gasteiger partial charge in [-0.1, -0.05) is 67.6 Å². The summed E-state index contributed by atoms with van der Waals surface area (Å²) >= 11 is 0. The summed E-state index contributed by atoms with van der Waals surface area (Å²) in [7, 11) is -5.47. The van der Waals surface area contributed by atoms with Crippen molar-refractivity contribution >= 4 is 31.4 Å². The number of hydrogen-bond donors (Lipinski definition) is 4. The van der Waals surface area contributed by atoms with Crippen LogP contribution in [0.2, 0.25) is 0 Å². The van der Waals surface area contributed by atoms with Crippen LogP contribution >= 0.6 is 7.60 Å². The number of rotatable bonds is 13. The number of carbonyl (C=O) groups is 3. The van der Waals surface area contributed by atoms with Gasteiger partial charge in [-0.15, -0.1) is 0 Å². The number of hydrogen-bond acceptors (Lipinski definition) is 9. The molecule has 4 N–H and O–H groups in total.